The van der Waals surface area contributed by atoms with Gasteiger partial charge in [0, 0.05) is 25.0 Å². The fraction of sp³-hybridized carbons (Fsp3) is 0.745. The van der Waals surface area contributed by atoms with E-state index in [0.29, 0.717) is 38.5 Å². The van der Waals surface area contributed by atoms with Crippen molar-refractivity contribution in [2.75, 3.05) is 44.2 Å². The van der Waals surface area contributed by atoms with E-state index in [4.69, 9.17) is 34.4 Å². The summed E-state index contributed by atoms with van der Waals surface area (Å²) in [6.07, 6.45) is 1.38. The summed E-state index contributed by atoms with van der Waals surface area (Å²) in [4.78, 5) is 182. The summed E-state index contributed by atoms with van der Waals surface area (Å²) in [7, 11) is 2.03. The molecule has 506 valence electrons. The molecule has 0 unspecified atom stereocenters. The second-order valence-corrected chi connectivity index (χ2v) is 25.1. The van der Waals surface area contributed by atoms with E-state index in [0.717, 1.165) is 21.6 Å². The number of aliphatic carboxylic acids is 1. The van der Waals surface area contributed by atoms with Gasteiger partial charge in [0.1, 0.15) is 60.4 Å². The fourth-order valence-corrected chi connectivity index (χ4v) is 11.2. The van der Waals surface area contributed by atoms with Gasteiger partial charge in [0.15, 0.2) is 5.96 Å². The molecule has 32 nitrogen and oxygen atoms in total. The molecule has 12 amide bonds. The fourth-order valence-electron chi connectivity index (χ4n) is 8.89. The highest BCUT2D eigenvalue weighted by atomic mass is 33.1. The zero-order valence-corrected chi connectivity index (χ0v) is 54.0. The highest BCUT2D eigenvalue weighted by Crippen LogP contribution is 2.24. The van der Waals surface area contributed by atoms with Gasteiger partial charge in [-0.15, -0.1) is 0 Å². The van der Waals surface area contributed by atoms with E-state index < -0.39 is 162 Å². The second kappa shape index (κ2) is 43.6. The quantitative estimate of drug-likeness (QED) is 0.0177. The number of hydrogen-bond donors (Lipinski definition) is 18. The van der Waals surface area contributed by atoms with Gasteiger partial charge in [-0.2, -0.15) is 0 Å². The van der Waals surface area contributed by atoms with E-state index in [9.17, 15) is 67.4 Å². The largest absolute Gasteiger partial charge is 0.481 e. The molecule has 0 spiro atoms. The van der Waals surface area contributed by atoms with Crippen LogP contribution in [0.4, 0.5) is 0 Å². The Morgan fingerprint density at radius 3 is 1.45 bits per heavy atom. The minimum absolute atomic E-state index is 0.00551. The molecular formula is C55H100N18O14S2. The molecule has 11 atom stereocenters. The van der Waals surface area contributed by atoms with Crippen LogP contribution in [0.15, 0.2) is 4.99 Å². The maximum absolute atomic E-state index is 14.4. The molecule has 1 heterocycles. The van der Waals surface area contributed by atoms with Crippen LogP contribution in [0.25, 0.3) is 0 Å². The highest BCUT2D eigenvalue weighted by Gasteiger charge is 2.37. The van der Waals surface area contributed by atoms with Crippen LogP contribution in [0.2, 0.25) is 0 Å². The van der Waals surface area contributed by atoms with Crippen molar-refractivity contribution in [2.45, 2.75) is 199 Å². The van der Waals surface area contributed by atoms with E-state index in [1.807, 2.05) is 0 Å². The number of aliphatic imine (C=N–C) groups is 1. The predicted molar refractivity (Wildman–Crippen MR) is 337 cm³/mol. The van der Waals surface area contributed by atoms with Crippen LogP contribution in [0.5, 0.6) is 0 Å². The predicted octanol–water partition coefficient (Wildman–Crippen LogP) is -4.49. The number of carboxylic acid groups (broad SMARTS) is 1. The van der Waals surface area contributed by atoms with E-state index >= 15 is 0 Å². The van der Waals surface area contributed by atoms with Crippen molar-refractivity contribution in [2.24, 2.45) is 57.1 Å². The normalized spacial score (nSPS) is 24.7. The number of nitrogens with one attached hydrogen (secondary N) is 11. The number of carboxylic acids is 1. The molecule has 1 fully saturated rings. The molecule has 0 aliphatic carbocycles. The van der Waals surface area contributed by atoms with Crippen LogP contribution in [0.1, 0.15) is 138 Å². The number of unbranched alkanes of at least 4 members (excludes halogenated alkanes) is 3. The lowest BCUT2D eigenvalue weighted by Gasteiger charge is -2.29. The Bertz CT molecular complexity index is 2390. The maximum Gasteiger partial charge on any atom is 0.305 e. The number of carbonyl (C=O) groups is 13. The molecule has 1 saturated heterocycles. The number of nitrogens with zero attached hydrogens (tertiary/aromatic N) is 1. The Morgan fingerprint density at radius 2 is 0.989 bits per heavy atom. The van der Waals surface area contributed by atoms with Crippen molar-refractivity contribution in [3.05, 3.63) is 0 Å². The molecule has 0 saturated carbocycles. The molecule has 1 aliphatic heterocycles. The smallest absolute Gasteiger partial charge is 0.305 e. The number of guanidine groups is 1. The molecule has 1 rings (SSSR count). The van der Waals surface area contributed by atoms with Crippen LogP contribution >= 0.6 is 21.6 Å². The number of primary amides is 1. The lowest BCUT2D eigenvalue weighted by molar-refractivity contribution is -0.141. The van der Waals surface area contributed by atoms with E-state index in [-0.39, 0.29) is 94.5 Å². The summed E-state index contributed by atoms with van der Waals surface area (Å²) in [6, 6.07) is -13.9. The summed E-state index contributed by atoms with van der Waals surface area (Å²) in [5, 5.41) is 38.2. The Labute approximate surface area is 528 Å². The van der Waals surface area contributed by atoms with Gasteiger partial charge in [0.05, 0.1) is 13.0 Å². The second-order valence-electron chi connectivity index (χ2n) is 22.6. The Morgan fingerprint density at radius 1 is 0.551 bits per heavy atom. The maximum atomic E-state index is 14.4. The minimum atomic E-state index is -1.85. The number of nitrogens with two attached hydrogens (primary N) is 6. The summed E-state index contributed by atoms with van der Waals surface area (Å²) >= 11 is 0. The zero-order chi connectivity index (χ0) is 67.3. The molecule has 0 radical (unpaired) electrons. The molecule has 89 heavy (non-hydrogen) atoms. The Balaban J connectivity index is 4.09. The van der Waals surface area contributed by atoms with E-state index in [1.54, 1.807) is 41.5 Å². The molecule has 0 aromatic carbocycles. The van der Waals surface area contributed by atoms with Crippen LogP contribution in [0.3, 0.4) is 0 Å². The summed E-state index contributed by atoms with van der Waals surface area (Å²) in [5.74, 6) is -14.0. The third kappa shape index (κ3) is 32.3. The van der Waals surface area contributed by atoms with Crippen LogP contribution < -0.4 is 92.9 Å². The van der Waals surface area contributed by atoms with Crippen molar-refractivity contribution in [3.63, 3.8) is 0 Å². The topological polar surface area (TPSA) is 543 Å². The first-order valence-electron chi connectivity index (χ1n) is 30.2. The first-order chi connectivity index (χ1) is 42.0. The first-order valence-corrected chi connectivity index (χ1v) is 32.7. The number of rotatable bonds is 25. The van der Waals surface area contributed by atoms with E-state index in [2.05, 4.69) is 63.5 Å². The molecule has 34 heteroatoms. The average Bonchev–Trinajstić information content (AvgIpc) is 3.46. The Hall–Kier alpha value is -7.04. The monoisotopic (exact) mass is 1300 g/mol. The SMILES string of the molecule is CC[C@H](C)[C@@H]1NC(=O)[C@@H](NC(C)=O)CSSC[C@@H](C(N)=O)NC(=O)[C@H](C(C)C)NC(=O)[C@H](CCCCN)NC(=O)[C@H](CCCN=C(N)N)NC(=O)CNC(=O)[C@H](CC(=O)O)NC(=O)[C@H](CCCCN)NC(=O)[C@H](CC(C)C)NC(=O)[C@H](CCCCN)NC1=O. The van der Waals surface area contributed by atoms with Crippen molar-refractivity contribution in [1.29, 1.82) is 0 Å². The first kappa shape index (κ1) is 80.0. The van der Waals surface area contributed by atoms with Gasteiger partial charge in [0.2, 0.25) is 70.9 Å². The molecule has 0 aromatic rings. The van der Waals surface area contributed by atoms with Crippen LogP contribution in [-0.4, -0.2) is 193 Å². The van der Waals surface area contributed by atoms with Gasteiger partial charge in [-0.05, 0) is 114 Å². The zero-order valence-electron chi connectivity index (χ0n) is 52.3. The number of hydrogen-bond acceptors (Lipinski definition) is 19. The van der Waals surface area contributed by atoms with Crippen LogP contribution in [-0.2, 0) is 62.3 Å². The lowest BCUT2D eigenvalue weighted by atomic mass is 9.96. The minimum Gasteiger partial charge on any atom is -0.481 e. The van der Waals surface area contributed by atoms with Crippen molar-refractivity contribution in [3.8, 4) is 0 Å². The van der Waals surface area contributed by atoms with Gasteiger partial charge in [-0.3, -0.25) is 67.3 Å². The van der Waals surface area contributed by atoms with Crippen molar-refractivity contribution >= 4 is 104 Å². The van der Waals surface area contributed by atoms with Crippen molar-refractivity contribution < 1.29 is 67.4 Å². The molecule has 0 bridgehead atoms. The third-order valence-electron chi connectivity index (χ3n) is 14.1. The van der Waals surface area contributed by atoms with Gasteiger partial charge in [-0.1, -0.05) is 69.6 Å². The Kier molecular flexibility index (Phi) is 39.2. The van der Waals surface area contributed by atoms with Gasteiger partial charge in [0.25, 0.3) is 0 Å². The number of amides is 12. The highest BCUT2D eigenvalue weighted by molar-refractivity contribution is 8.76. The molecule has 0 aromatic heterocycles. The lowest BCUT2D eigenvalue weighted by Crippen LogP contribution is -2.61. The molecule has 24 N–H and O–H groups in total. The summed E-state index contributed by atoms with van der Waals surface area (Å²) in [6.45, 7) is 11.2. The summed E-state index contributed by atoms with van der Waals surface area (Å²) in [5.41, 5.74) is 34.1. The molecular weight excluding hydrogens is 1200 g/mol. The van der Waals surface area contributed by atoms with Gasteiger partial charge < -0.3 is 98.0 Å². The average molecular weight is 1300 g/mol. The van der Waals surface area contributed by atoms with Crippen LogP contribution in [0, 0.1) is 17.8 Å². The number of carbonyl (C=O) groups excluding carboxylic acids is 12. The summed E-state index contributed by atoms with van der Waals surface area (Å²) < 4.78 is 0. The standard InChI is InChI=1S/C55H100N18O14S2/c1-8-31(6)44-54(87)68-35(17-10-13-21-57)49(82)69-37(24-29(2)3)51(84)67-34(16-9-12-20-56)48(81)70-38(25-42(76)77)46(79)63-26-41(75)65-33(19-15-23-62-55(60)61)47(80)66-36(18-11-14-22-58)50(83)72-43(30(4)5)53(86)71-39(45(59)78)27-88-89-28-40(52(85)73-44)64-32(7)74/h29-31,33-40,43-44H,8-28,56-58H2,1-7H3,(H2,59,78)(H,63,79)(H,64,74)(H,65,75)(H,66,80)(H,67,84)(H,68,87)(H,69,82)(H,70,81)(H,71,86)(H,72,83)(H,73,85)(H,76,77)(H4,60,61,62)/t31-,33-,34-,35-,36-,37-,38-,39-,40-,43-,44-/m0/s1. The third-order valence-corrected chi connectivity index (χ3v) is 16.5. The van der Waals surface area contributed by atoms with Crippen molar-refractivity contribution in [1.82, 2.24) is 58.5 Å². The van der Waals surface area contributed by atoms with Gasteiger partial charge >= 0.3 is 5.97 Å². The van der Waals surface area contributed by atoms with Gasteiger partial charge in [-0.25, -0.2) is 0 Å². The van der Waals surface area contributed by atoms with E-state index in [1.165, 1.54) is 6.92 Å². The molecule has 1 aliphatic rings.